The minimum atomic E-state index is -0.0379. The van der Waals surface area contributed by atoms with Crippen molar-refractivity contribution in [2.24, 2.45) is 0 Å². The number of amides is 3. The molecule has 0 spiro atoms. The van der Waals surface area contributed by atoms with Crippen LogP contribution in [0.1, 0.15) is 25.7 Å². The number of urea groups is 1. The average Bonchev–Trinajstić information content (AvgIpc) is 2.92. The largest absolute Gasteiger partial charge is 0.353 e. The molecule has 3 amide bonds. The highest BCUT2D eigenvalue weighted by atomic mass is 32.2. The van der Waals surface area contributed by atoms with Crippen LogP contribution in [0.3, 0.4) is 0 Å². The second-order valence-electron chi connectivity index (χ2n) is 4.96. The van der Waals surface area contributed by atoms with Crippen molar-refractivity contribution in [3.05, 3.63) is 12.7 Å². The minimum absolute atomic E-state index is 0.0379. The van der Waals surface area contributed by atoms with Gasteiger partial charge in [-0.05, 0) is 12.8 Å². The molecule has 0 saturated carbocycles. The van der Waals surface area contributed by atoms with Gasteiger partial charge >= 0.3 is 6.03 Å². The highest BCUT2D eigenvalue weighted by molar-refractivity contribution is 8.00. The van der Waals surface area contributed by atoms with E-state index in [1.54, 1.807) is 6.08 Å². The highest BCUT2D eigenvalue weighted by Gasteiger charge is 2.42. The molecule has 2 aliphatic heterocycles. The van der Waals surface area contributed by atoms with E-state index in [2.05, 4.69) is 22.5 Å². The number of hydrogen-bond donors (Lipinski definition) is 3. The first-order valence-corrected chi connectivity index (χ1v) is 7.82. The molecule has 2 rings (SSSR count). The molecule has 106 valence electrons. The number of rotatable bonds is 7. The number of fused-ring (bicyclic) bond motifs is 1. The third-order valence-corrected chi connectivity index (χ3v) is 5.03. The molecule has 0 aromatic carbocycles. The third kappa shape index (κ3) is 3.89. The van der Waals surface area contributed by atoms with Crippen LogP contribution < -0.4 is 16.0 Å². The molecule has 2 heterocycles. The molecule has 0 aromatic heterocycles. The van der Waals surface area contributed by atoms with Gasteiger partial charge in [0.1, 0.15) is 0 Å². The number of carbonyl (C=O) groups excluding carboxylic acids is 2. The van der Waals surface area contributed by atoms with Gasteiger partial charge in [-0.3, -0.25) is 4.79 Å². The van der Waals surface area contributed by atoms with Gasteiger partial charge in [-0.1, -0.05) is 12.5 Å². The maximum absolute atomic E-state index is 11.4. The van der Waals surface area contributed by atoms with E-state index in [1.807, 2.05) is 11.8 Å². The Hall–Kier alpha value is -1.17. The molecule has 0 bridgehead atoms. The summed E-state index contributed by atoms with van der Waals surface area (Å²) in [7, 11) is 0. The van der Waals surface area contributed by atoms with Crippen molar-refractivity contribution in [1.29, 1.82) is 0 Å². The van der Waals surface area contributed by atoms with Gasteiger partial charge in [-0.15, -0.1) is 6.58 Å². The SMILES string of the molecule is C=CCNC(=O)CCCCC1SCC2NC(=O)NC21. The molecule has 19 heavy (non-hydrogen) atoms. The first-order valence-electron chi connectivity index (χ1n) is 6.77. The average molecular weight is 283 g/mol. The number of hydrogen-bond acceptors (Lipinski definition) is 3. The predicted octanol–water partition coefficient (Wildman–Crippen LogP) is 1.01. The molecule has 5 nitrogen and oxygen atoms in total. The van der Waals surface area contributed by atoms with Crippen molar-refractivity contribution < 1.29 is 9.59 Å². The summed E-state index contributed by atoms with van der Waals surface area (Å²) in [4.78, 5) is 22.6. The van der Waals surface area contributed by atoms with Gasteiger partial charge in [0.2, 0.25) is 5.91 Å². The molecule has 3 atom stereocenters. The standard InChI is InChI=1S/C13H21N3O2S/c1-2-7-14-11(17)6-4-3-5-10-12-9(8-19-10)15-13(18)16-12/h2,9-10,12H,1,3-8H2,(H,14,17)(H2,15,16,18). The summed E-state index contributed by atoms with van der Waals surface area (Å²) in [6, 6.07) is 0.523. The van der Waals surface area contributed by atoms with Crippen molar-refractivity contribution in [3.8, 4) is 0 Å². The molecule has 2 saturated heterocycles. The maximum Gasteiger partial charge on any atom is 0.315 e. The van der Waals surface area contributed by atoms with E-state index in [1.165, 1.54) is 0 Å². The van der Waals surface area contributed by atoms with Crippen LogP contribution in [0.15, 0.2) is 12.7 Å². The molecule has 2 fully saturated rings. The van der Waals surface area contributed by atoms with Crippen LogP contribution in [0.2, 0.25) is 0 Å². The van der Waals surface area contributed by atoms with E-state index in [9.17, 15) is 9.59 Å². The Morgan fingerprint density at radius 2 is 2.32 bits per heavy atom. The summed E-state index contributed by atoms with van der Waals surface area (Å²) >= 11 is 1.92. The van der Waals surface area contributed by atoms with Crippen LogP contribution in [0.4, 0.5) is 4.79 Å². The Kier molecular flexibility index (Phi) is 5.13. The summed E-state index contributed by atoms with van der Waals surface area (Å²) in [5.74, 6) is 1.08. The van der Waals surface area contributed by atoms with E-state index in [0.717, 1.165) is 25.0 Å². The molecule has 3 N–H and O–H groups in total. The second-order valence-corrected chi connectivity index (χ2v) is 6.23. The Labute approximate surface area is 118 Å². The summed E-state index contributed by atoms with van der Waals surface area (Å²) in [6.07, 6.45) is 5.24. The van der Waals surface area contributed by atoms with Gasteiger partial charge in [0.25, 0.3) is 0 Å². The quantitative estimate of drug-likeness (QED) is 0.371. The number of nitrogens with one attached hydrogen (secondary N) is 3. The molecule has 0 radical (unpaired) electrons. The predicted molar refractivity (Wildman–Crippen MR) is 77.2 cm³/mol. The zero-order valence-electron chi connectivity index (χ0n) is 11.0. The Balaban J connectivity index is 1.60. The molecular formula is C13H21N3O2S. The normalized spacial score (nSPS) is 28.4. The van der Waals surface area contributed by atoms with E-state index < -0.39 is 0 Å². The number of unbranched alkanes of at least 4 members (excludes halogenated alkanes) is 1. The van der Waals surface area contributed by atoms with Crippen molar-refractivity contribution >= 4 is 23.7 Å². The molecule has 0 aromatic rings. The van der Waals surface area contributed by atoms with Gasteiger partial charge in [0.05, 0.1) is 12.1 Å². The van der Waals surface area contributed by atoms with Crippen LogP contribution in [0, 0.1) is 0 Å². The van der Waals surface area contributed by atoms with Gasteiger partial charge < -0.3 is 16.0 Å². The van der Waals surface area contributed by atoms with Crippen LogP contribution in [0.25, 0.3) is 0 Å². The summed E-state index contributed by atoms with van der Waals surface area (Å²) in [5.41, 5.74) is 0. The lowest BCUT2D eigenvalue weighted by molar-refractivity contribution is -0.121. The van der Waals surface area contributed by atoms with Crippen molar-refractivity contribution in [2.45, 2.75) is 43.0 Å². The lowest BCUT2D eigenvalue weighted by Gasteiger charge is -2.16. The second kappa shape index (κ2) is 6.84. The lowest BCUT2D eigenvalue weighted by atomic mass is 10.0. The van der Waals surface area contributed by atoms with Gasteiger partial charge in [-0.25, -0.2) is 4.79 Å². The van der Waals surface area contributed by atoms with Crippen LogP contribution >= 0.6 is 11.8 Å². The Morgan fingerprint density at radius 1 is 1.47 bits per heavy atom. The molecule has 2 aliphatic rings. The fourth-order valence-electron chi connectivity index (χ4n) is 2.55. The Bertz CT molecular complexity index is 362. The van der Waals surface area contributed by atoms with Crippen molar-refractivity contribution in [1.82, 2.24) is 16.0 Å². The van der Waals surface area contributed by atoms with Crippen molar-refractivity contribution in [3.63, 3.8) is 0 Å². The van der Waals surface area contributed by atoms with E-state index in [-0.39, 0.29) is 18.0 Å². The van der Waals surface area contributed by atoms with Gasteiger partial charge in [0, 0.05) is 24.0 Å². The zero-order valence-corrected chi connectivity index (χ0v) is 11.8. The highest BCUT2D eigenvalue weighted by Crippen LogP contribution is 2.33. The minimum Gasteiger partial charge on any atom is -0.353 e. The summed E-state index contributed by atoms with van der Waals surface area (Å²) < 4.78 is 0. The smallest absolute Gasteiger partial charge is 0.315 e. The van der Waals surface area contributed by atoms with Crippen LogP contribution in [-0.4, -0.2) is 41.6 Å². The molecule has 3 unspecified atom stereocenters. The fraction of sp³-hybridized carbons (Fsp3) is 0.692. The first-order chi connectivity index (χ1) is 9.20. The monoisotopic (exact) mass is 283 g/mol. The van der Waals surface area contributed by atoms with E-state index in [0.29, 0.717) is 24.3 Å². The van der Waals surface area contributed by atoms with E-state index >= 15 is 0 Å². The third-order valence-electron chi connectivity index (χ3n) is 3.52. The fourth-order valence-corrected chi connectivity index (χ4v) is 4.09. The zero-order chi connectivity index (χ0) is 13.7. The number of thioether (sulfide) groups is 1. The summed E-state index contributed by atoms with van der Waals surface area (Å²) in [5, 5.41) is 9.18. The summed E-state index contributed by atoms with van der Waals surface area (Å²) in [6.45, 7) is 4.10. The molecule has 6 heteroatoms. The molecule has 0 aliphatic carbocycles. The van der Waals surface area contributed by atoms with Crippen LogP contribution in [-0.2, 0) is 4.79 Å². The number of carbonyl (C=O) groups is 2. The Morgan fingerprint density at radius 3 is 3.11 bits per heavy atom. The lowest BCUT2D eigenvalue weighted by Crippen LogP contribution is -2.36. The maximum atomic E-state index is 11.4. The topological polar surface area (TPSA) is 70.2 Å². The van der Waals surface area contributed by atoms with Crippen molar-refractivity contribution in [2.75, 3.05) is 12.3 Å². The van der Waals surface area contributed by atoms with E-state index in [4.69, 9.17) is 0 Å². The molecular weight excluding hydrogens is 262 g/mol. The van der Waals surface area contributed by atoms with Gasteiger partial charge in [0.15, 0.2) is 0 Å². The van der Waals surface area contributed by atoms with Gasteiger partial charge in [-0.2, -0.15) is 11.8 Å². The van der Waals surface area contributed by atoms with Crippen LogP contribution in [0.5, 0.6) is 0 Å². The first kappa shape index (κ1) is 14.2.